The van der Waals surface area contributed by atoms with Crippen molar-refractivity contribution in [1.82, 2.24) is 4.90 Å². The SMILES string of the molecule is C#CCCCN1[C@@H]2CC[C@H]1CC(N)C2. The van der Waals surface area contributed by atoms with Gasteiger partial charge in [-0.05, 0) is 38.6 Å². The fourth-order valence-corrected chi connectivity index (χ4v) is 3.05. The number of piperidine rings is 1. The molecule has 2 heteroatoms. The molecule has 0 saturated carbocycles. The largest absolute Gasteiger partial charge is 0.328 e. The molecule has 2 aliphatic heterocycles. The highest BCUT2D eigenvalue weighted by atomic mass is 15.2. The van der Waals surface area contributed by atoms with E-state index in [1.807, 2.05) is 0 Å². The van der Waals surface area contributed by atoms with E-state index in [-0.39, 0.29) is 0 Å². The van der Waals surface area contributed by atoms with Crippen molar-refractivity contribution < 1.29 is 0 Å². The molecule has 2 fully saturated rings. The van der Waals surface area contributed by atoms with E-state index in [4.69, 9.17) is 12.2 Å². The van der Waals surface area contributed by atoms with Crippen LogP contribution in [-0.2, 0) is 0 Å². The van der Waals surface area contributed by atoms with Gasteiger partial charge in [0.15, 0.2) is 0 Å². The molecule has 3 atom stereocenters. The van der Waals surface area contributed by atoms with E-state index in [0.29, 0.717) is 6.04 Å². The quantitative estimate of drug-likeness (QED) is 0.540. The Morgan fingerprint density at radius 3 is 2.50 bits per heavy atom. The van der Waals surface area contributed by atoms with E-state index in [1.165, 1.54) is 32.2 Å². The molecule has 78 valence electrons. The summed E-state index contributed by atoms with van der Waals surface area (Å²) >= 11 is 0. The maximum absolute atomic E-state index is 6.01. The topological polar surface area (TPSA) is 29.3 Å². The fourth-order valence-electron chi connectivity index (χ4n) is 3.05. The maximum atomic E-state index is 6.01. The standard InChI is InChI=1S/C12H20N2/c1-2-3-4-7-14-11-5-6-12(14)9-10(13)8-11/h1,10-12H,3-9,13H2/t10?,11-,12+. The average molecular weight is 192 g/mol. The van der Waals surface area contributed by atoms with Crippen LogP contribution in [0.25, 0.3) is 0 Å². The summed E-state index contributed by atoms with van der Waals surface area (Å²) in [7, 11) is 0. The Labute approximate surface area is 86.8 Å². The Hall–Kier alpha value is -0.520. The van der Waals surface area contributed by atoms with Crippen LogP contribution in [0.3, 0.4) is 0 Å². The number of hydrogen-bond acceptors (Lipinski definition) is 2. The van der Waals surface area contributed by atoms with Crippen LogP contribution in [0.1, 0.15) is 38.5 Å². The molecular formula is C12H20N2. The first kappa shape index (κ1) is 10.0. The first-order valence-electron chi connectivity index (χ1n) is 5.76. The number of terminal acetylenes is 1. The summed E-state index contributed by atoms with van der Waals surface area (Å²) in [5.74, 6) is 2.71. The third kappa shape index (κ3) is 1.94. The van der Waals surface area contributed by atoms with Gasteiger partial charge in [-0.15, -0.1) is 12.3 Å². The van der Waals surface area contributed by atoms with Gasteiger partial charge in [0.25, 0.3) is 0 Å². The molecule has 0 spiro atoms. The van der Waals surface area contributed by atoms with E-state index >= 15 is 0 Å². The van der Waals surface area contributed by atoms with Gasteiger partial charge in [-0.3, -0.25) is 4.90 Å². The van der Waals surface area contributed by atoms with Gasteiger partial charge < -0.3 is 5.73 Å². The molecule has 14 heavy (non-hydrogen) atoms. The number of nitrogens with zero attached hydrogens (tertiary/aromatic N) is 1. The normalized spacial score (nSPS) is 37.0. The minimum Gasteiger partial charge on any atom is -0.328 e. The van der Waals surface area contributed by atoms with Crippen LogP contribution in [0.15, 0.2) is 0 Å². The molecule has 0 aromatic carbocycles. The highest BCUT2D eigenvalue weighted by molar-refractivity contribution is 4.96. The Balaban J connectivity index is 1.85. The van der Waals surface area contributed by atoms with Crippen LogP contribution in [0.2, 0.25) is 0 Å². The second-order valence-electron chi connectivity index (χ2n) is 4.66. The van der Waals surface area contributed by atoms with Crippen LogP contribution in [0.5, 0.6) is 0 Å². The van der Waals surface area contributed by atoms with Crippen molar-refractivity contribution in [1.29, 1.82) is 0 Å². The summed E-state index contributed by atoms with van der Waals surface area (Å²) in [6, 6.07) is 1.99. The molecule has 1 unspecified atom stereocenters. The van der Waals surface area contributed by atoms with Gasteiger partial charge in [-0.2, -0.15) is 0 Å². The highest BCUT2D eigenvalue weighted by Gasteiger charge is 2.38. The van der Waals surface area contributed by atoms with E-state index in [0.717, 1.165) is 24.9 Å². The average Bonchev–Trinajstić information content (AvgIpc) is 2.42. The maximum Gasteiger partial charge on any atom is 0.0113 e. The summed E-state index contributed by atoms with van der Waals surface area (Å²) in [5.41, 5.74) is 6.01. The second kappa shape index (κ2) is 4.33. The van der Waals surface area contributed by atoms with Gasteiger partial charge in [-0.25, -0.2) is 0 Å². The first-order valence-corrected chi connectivity index (χ1v) is 5.76. The van der Waals surface area contributed by atoms with Crippen LogP contribution in [0, 0.1) is 12.3 Å². The highest BCUT2D eigenvalue weighted by Crippen LogP contribution is 2.34. The van der Waals surface area contributed by atoms with E-state index in [2.05, 4.69) is 10.8 Å². The molecule has 0 aliphatic carbocycles. The zero-order valence-electron chi connectivity index (χ0n) is 8.78. The smallest absolute Gasteiger partial charge is 0.0113 e. The van der Waals surface area contributed by atoms with Crippen molar-refractivity contribution in [3.63, 3.8) is 0 Å². The molecule has 0 amide bonds. The third-order valence-electron chi connectivity index (χ3n) is 3.66. The molecule has 2 rings (SSSR count). The molecule has 0 aromatic heterocycles. The molecule has 0 aromatic rings. The minimum atomic E-state index is 0.455. The first-order chi connectivity index (χ1) is 6.81. The van der Waals surface area contributed by atoms with Crippen molar-refractivity contribution in [2.24, 2.45) is 5.73 Å². The number of rotatable bonds is 3. The number of nitrogens with two attached hydrogens (primary N) is 1. The molecular weight excluding hydrogens is 172 g/mol. The number of hydrogen-bond donors (Lipinski definition) is 1. The molecule has 2 N–H and O–H groups in total. The van der Waals surface area contributed by atoms with Crippen molar-refractivity contribution >= 4 is 0 Å². The van der Waals surface area contributed by atoms with Crippen molar-refractivity contribution in [3.8, 4) is 12.3 Å². The summed E-state index contributed by atoms with van der Waals surface area (Å²) in [6.45, 7) is 1.19. The molecule has 2 saturated heterocycles. The van der Waals surface area contributed by atoms with E-state index in [9.17, 15) is 0 Å². The Bertz CT molecular complexity index is 217. The second-order valence-corrected chi connectivity index (χ2v) is 4.66. The Morgan fingerprint density at radius 2 is 1.93 bits per heavy atom. The molecule has 2 aliphatic rings. The van der Waals surface area contributed by atoms with Crippen LogP contribution < -0.4 is 5.73 Å². The lowest BCUT2D eigenvalue weighted by molar-refractivity contribution is 0.127. The summed E-state index contributed by atoms with van der Waals surface area (Å²) < 4.78 is 0. The zero-order valence-corrected chi connectivity index (χ0v) is 8.78. The van der Waals surface area contributed by atoms with Crippen molar-refractivity contribution in [3.05, 3.63) is 0 Å². The Morgan fingerprint density at radius 1 is 1.29 bits per heavy atom. The third-order valence-corrected chi connectivity index (χ3v) is 3.66. The van der Waals surface area contributed by atoms with E-state index < -0.39 is 0 Å². The molecule has 2 nitrogen and oxygen atoms in total. The lowest BCUT2D eigenvalue weighted by atomic mass is 9.98. The zero-order chi connectivity index (χ0) is 9.97. The summed E-state index contributed by atoms with van der Waals surface area (Å²) in [6.07, 6.45) is 12.4. The van der Waals surface area contributed by atoms with Crippen LogP contribution in [0.4, 0.5) is 0 Å². The van der Waals surface area contributed by atoms with Crippen LogP contribution in [-0.4, -0.2) is 29.6 Å². The fraction of sp³-hybridized carbons (Fsp3) is 0.833. The van der Waals surface area contributed by atoms with Gasteiger partial charge in [-0.1, -0.05) is 0 Å². The molecule has 2 heterocycles. The van der Waals surface area contributed by atoms with Crippen molar-refractivity contribution in [2.75, 3.05) is 6.54 Å². The van der Waals surface area contributed by atoms with Gasteiger partial charge in [0, 0.05) is 24.5 Å². The van der Waals surface area contributed by atoms with Gasteiger partial charge in [0.05, 0.1) is 0 Å². The lowest BCUT2D eigenvalue weighted by Crippen LogP contribution is -2.47. The van der Waals surface area contributed by atoms with Gasteiger partial charge in [0.1, 0.15) is 0 Å². The minimum absolute atomic E-state index is 0.455. The van der Waals surface area contributed by atoms with Crippen LogP contribution >= 0.6 is 0 Å². The molecule has 0 radical (unpaired) electrons. The summed E-state index contributed by atoms with van der Waals surface area (Å²) in [4.78, 5) is 2.65. The lowest BCUT2D eigenvalue weighted by Gasteiger charge is -2.37. The van der Waals surface area contributed by atoms with Crippen molar-refractivity contribution in [2.45, 2.75) is 56.7 Å². The monoisotopic (exact) mass is 192 g/mol. The van der Waals surface area contributed by atoms with Gasteiger partial charge in [0.2, 0.25) is 0 Å². The summed E-state index contributed by atoms with van der Waals surface area (Å²) in [5, 5.41) is 0. The number of fused-ring (bicyclic) bond motifs is 2. The van der Waals surface area contributed by atoms with E-state index in [1.54, 1.807) is 0 Å². The Kier molecular flexibility index (Phi) is 3.10. The predicted octanol–water partition coefficient (Wildman–Crippen LogP) is 1.35. The number of unbranched alkanes of at least 4 members (excludes halogenated alkanes) is 1. The predicted molar refractivity (Wildman–Crippen MR) is 58.8 cm³/mol. The molecule has 2 bridgehead atoms. The van der Waals surface area contributed by atoms with Gasteiger partial charge >= 0.3 is 0 Å².